The van der Waals surface area contributed by atoms with Crippen LogP contribution in [0.2, 0.25) is 0 Å². The van der Waals surface area contributed by atoms with Gasteiger partial charge in [0.05, 0.1) is 33.3 Å². The Kier molecular flexibility index (Phi) is 7.09. The van der Waals surface area contributed by atoms with Crippen molar-refractivity contribution in [2.45, 2.75) is 25.3 Å². The van der Waals surface area contributed by atoms with Crippen LogP contribution in [0.3, 0.4) is 0 Å². The molecule has 152 valence electrons. The number of para-hydroxylation sites is 1. The van der Waals surface area contributed by atoms with Gasteiger partial charge in [0.15, 0.2) is 0 Å². The van der Waals surface area contributed by atoms with Crippen molar-refractivity contribution in [1.82, 2.24) is 4.90 Å². The van der Waals surface area contributed by atoms with E-state index in [0.717, 1.165) is 42.1 Å². The summed E-state index contributed by atoms with van der Waals surface area (Å²) in [7, 11) is 3.31. The van der Waals surface area contributed by atoms with E-state index < -0.39 is 0 Å². The van der Waals surface area contributed by atoms with Crippen molar-refractivity contribution in [3.63, 3.8) is 0 Å². The first kappa shape index (κ1) is 20.7. The minimum Gasteiger partial charge on any atom is -0.497 e. The number of nitriles is 1. The highest BCUT2D eigenvalue weighted by Crippen LogP contribution is 2.38. The van der Waals surface area contributed by atoms with Crippen LogP contribution in [-0.2, 0) is 4.79 Å². The predicted octanol–water partition coefficient (Wildman–Crippen LogP) is 3.79. The quantitative estimate of drug-likeness (QED) is 0.683. The monoisotopic (exact) mass is 393 g/mol. The van der Waals surface area contributed by atoms with Gasteiger partial charge in [-0.3, -0.25) is 9.69 Å². The van der Waals surface area contributed by atoms with Gasteiger partial charge in [0.1, 0.15) is 11.5 Å². The number of rotatable bonds is 8. The number of anilines is 1. The second-order valence-electron chi connectivity index (χ2n) is 7.03. The first-order chi connectivity index (χ1) is 14.2. The van der Waals surface area contributed by atoms with Gasteiger partial charge in [-0.15, -0.1) is 0 Å². The fraction of sp³-hybridized carbons (Fsp3) is 0.391. The summed E-state index contributed by atoms with van der Waals surface area (Å²) < 4.78 is 11.0. The maximum absolute atomic E-state index is 13.2. The van der Waals surface area contributed by atoms with E-state index in [1.54, 1.807) is 19.1 Å². The number of nitrogens with zero attached hydrogens (tertiary/aromatic N) is 3. The fourth-order valence-electron chi connectivity index (χ4n) is 3.89. The van der Waals surface area contributed by atoms with Gasteiger partial charge in [0.25, 0.3) is 0 Å². The molecule has 0 bridgehead atoms. The van der Waals surface area contributed by atoms with Crippen LogP contribution >= 0.6 is 0 Å². The van der Waals surface area contributed by atoms with E-state index in [9.17, 15) is 4.79 Å². The summed E-state index contributed by atoms with van der Waals surface area (Å²) in [6.07, 6.45) is 2.27. The number of hydrogen-bond acceptors (Lipinski definition) is 5. The molecule has 29 heavy (non-hydrogen) atoms. The zero-order valence-electron chi connectivity index (χ0n) is 17.0. The van der Waals surface area contributed by atoms with Gasteiger partial charge in [-0.1, -0.05) is 18.2 Å². The third kappa shape index (κ3) is 4.87. The standard InChI is InChI=1S/C23H27N3O3/c1-28-19-11-12-22(29-2)20(16-19)21-10-6-14-25(21)17-23(27)26(15-7-13-24)18-8-4-3-5-9-18/h3-5,8-9,11-12,16,21H,6-7,10,14-15,17H2,1-2H3. The average Bonchev–Trinajstić information content (AvgIpc) is 3.22. The Balaban J connectivity index is 1.81. The van der Waals surface area contributed by atoms with E-state index in [4.69, 9.17) is 14.7 Å². The summed E-state index contributed by atoms with van der Waals surface area (Å²) in [6.45, 7) is 1.53. The molecular weight excluding hydrogens is 366 g/mol. The number of ether oxygens (including phenoxy) is 2. The maximum atomic E-state index is 13.2. The molecule has 1 aliphatic rings. The molecule has 1 atom stereocenters. The normalized spacial score (nSPS) is 16.2. The average molecular weight is 393 g/mol. The highest BCUT2D eigenvalue weighted by atomic mass is 16.5. The van der Waals surface area contributed by atoms with Crippen molar-refractivity contribution in [3.05, 3.63) is 54.1 Å². The van der Waals surface area contributed by atoms with Crippen LogP contribution < -0.4 is 14.4 Å². The van der Waals surface area contributed by atoms with Gasteiger partial charge >= 0.3 is 0 Å². The van der Waals surface area contributed by atoms with Gasteiger partial charge < -0.3 is 14.4 Å². The van der Waals surface area contributed by atoms with Crippen LogP contribution in [0.15, 0.2) is 48.5 Å². The minimum atomic E-state index is 0.000197. The molecule has 6 nitrogen and oxygen atoms in total. The Bertz CT molecular complexity index is 863. The molecule has 0 aliphatic carbocycles. The van der Waals surface area contributed by atoms with Crippen LogP contribution in [0.1, 0.15) is 30.9 Å². The van der Waals surface area contributed by atoms with Crippen molar-refractivity contribution in [1.29, 1.82) is 5.26 Å². The molecule has 0 radical (unpaired) electrons. The Labute approximate surface area is 172 Å². The molecule has 1 unspecified atom stereocenters. The second kappa shape index (κ2) is 9.94. The smallest absolute Gasteiger partial charge is 0.241 e. The molecule has 6 heteroatoms. The van der Waals surface area contributed by atoms with E-state index >= 15 is 0 Å². The zero-order valence-corrected chi connectivity index (χ0v) is 17.0. The van der Waals surface area contributed by atoms with Crippen molar-refractivity contribution >= 4 is 11.6 Å². The largest absolute Gasteiger partial charge is 0.497 e. The molecule has 2 aromatic rings. The SMILES string of the molecule is COc1ccc(OC)c(C2CCCN2CC(=O)N(CCC#N)c2ccccc2)c1. The summed E-state index contributed by atoms with van der Waals surface area (Å²) in [5, 5.41) is 9.00. The lowest BCUT2D eigenvalue weighted by atomic mass is 10.0. The molecule has 0 spiro atoms. The van der Waals surface area contributed by atoms with Crippen LogP contribution in [0.4, 0.5) is 5.69 Å². The second-order valence-corrected chi connectivity index (χ2v) is 7.03. The summed E-state index contributed by atoms with van der Waals surface area (Å²) in [4.78, 5) is 17.1. The Morgan fingerprint density at radius 2 is 2.00 bits per heavy atom. The lowest BCUT2D eigenvalue weighted by Crippen LogP contribution is -2.40. The summed E-state index contributed by atoms with van der Waals surface area (Å²) in [5.74, 6) is 1.58. The fourth-order valence-corrected chi connectivity index (χ4v) is 3.89. The number of methoxy groups -OCH3 is 2. The lowest BCUT2D eigenvalue weighted by Gasteiger charge is -2.29. The summed E-state index contributed by atoms with van der Waals surface area (Å²) >= 11 is 0. The topological polar surface area (TPSA) is 65.8 Å². The van der Waals surface area contributed by atoms with E-state index in [1.807, 2.05) is 48.5 Å². The van der Waals surface area contributed by atoms with Crippen molar-refractivity contribution in [2.24, 2.45) is 0 Å². The molecule has 0 saturated carbocycles. The van der Waals surface area contributed by atoms with Gasteiger partial charge in [-0.05, 0) is 49.7 Å². The van der Waals surface area contributed by atoms with E-state index in [0.29, 0.717) is 19.5 Å². The van der Waals surface area contributed by atoms with Crippen molar-refractivity contribution in [2.75, 3.05) is 38.8 Å². The Hall–Kier alpha value is -3.04. The Morgan fingerprint density at radius 3 is 2.69 bits per heavy atom. The molecule has 1 heterocycles. The molecule has 0 aromatic heterocycles. The number of carbonyl (C=O) groups is 1. The van der Waals surface area contributed by atoms with Crippen LogP contribution in [0.25, 0.3) is 0 Å². The van der Waals surface area contributed by atoms with Crippen molar-refractivity contribution in [3.8, 4) is 17.6 Å². The molecule has 2 aromatic carbocycles. The number of likely N-dealkylation sites (tertiary alicyclic amines) is 1. The Morgan fingerprint density at radius 1 is 1.21 bits per heavy atom. The van der Waals surface area contributed by atoms with Crippen molar-refractivity contribution < 1.29 is 14.3 Å². The molecular formula is C23H27N3O3. The zero-order chi connectivity index (χ0) is 20.6. The first-order valence-electron chi connectivity index (χ1n) is 9.86. The number of benzene rings is 2. The third-order valence-electron chi connectivity index (χ3n) is 5.31. The van der Waals surface area contributed by atoms with Crippen LogP contribution in [-0.4, -0.2) is 44.7 Å². The van der Waals surface area contributed by atoms with Gasteiger partial charge in [-0.2, -0.15) is 5.26 Å². The van der Waals surface area contributed by atoms with Crippen LogP contribution in [0, 0.1) is 11.3 Å². The molecule has 0 N–H and O–H groups in total. The molecule has 1 saturated heterocycles. The molecule has 1 aliphatic heterocycles. The molecule has 1 amide bonds. The van der Waals surface area contributed by atoms with E-state index in [1.165, 1.54) is 0 Å². The minimum absolute atomic E-state index is 0.000197. The maximum Gasteiger partial charge on any atom is 0.241 e. The highest BCUT2D eigenvalue weighted by Gasteiger charge is 2.31. The number of hydrogen-bond donors (Lipinski definition) is 0. The molecule has 1 fully saturated rings. The van der Waals surface area contributed by atoms with Crippen LogP contribution in [0.5, 0.6) is 11.5 Å². The predicted molar refractivity (Wildman–Crippen MR) is 112 cm³/mol. The highest BCUT2D eigenvalue weighted by molar-refractivity contribution is 5.94. The number of amides is 1. The first-order valence-corrected chi connectivity index (χ1v) is 9.86. The third-order valence-corrected chi connectivity index (χ3v) is 5.31. The lowest BCUT2D eigenvalue weighted by molar-refractivity contribution is -0.120. The molecule has 3 rings (SSSR count). The van der Waals surface area contributed by atoms with Gasteiger partial charge in [0.2, 0.25) is 5.91 Å². The summed E-state index contributed by atoms with van der Waals surface area (Å²) in [6, 6.07) is 17.6. The van der Waals surface area contributed by atoms with Gasteiger partial charge in [0, 0.05) is 23.8 Å². The van der Waals surface area contributed by atoms with E-state index in [-0.39, 0.29) is 11.9 Å². The number of carbonyl (C=O) groups excluding carboxylic acids is 1. The van der Waals surface area contributed by atoms with E-state index in [2.05, 4.69) is 11.0 Å². The summed E-state index contributed by atoms with van der Waals surface area (Å²) in [5.41, 5.74) is 1.86. The van der Waals surface area contributed by atoms with Gasteiger partial charge in [-0.25, -0.2) is 0 Å².